The van der Waals surface area contributed by atoms with Gasteiger partial charge in [0.1, 0.15) is 5.75 Å². The number of hydrogen-bond acceptors (Lipinski definition) is 7. The van der Waals surface area contributed by atoms with Crippen molar-refractivity contribution in [2.24, 2.45) is 5.10 Å². The molecule has 29 heavy (non-hydrogen) atoms. The molecule has 3 rings (SSSR count). The number of nitrogens with one attached hydrogen (secondary N) is 1. The van der Waals surface area contributed by atoms with Crippen molar-refractivity contribution >= 4 is 23.8 Å². The van der Waals surface area contributed by atoms with Gasteiger partial charge in [-0.25, -0.2) is 10.2 Å². The number of pyridine rings is 1. The molecule has 0 fully saturated rings. The van der Waals surface area contributed by atoms with Crippen molar-refractivity contribution in [3.63, 3.8) is 0 Å². The van der Waals surface area contributed by atoms with Crippen LogP contribution in [0.2, 0.25) is 0 Å². The molecule has 0 saturated heterocycles. The van der Waals surface area contributed by atoms with Crippen molar-refractivity contribution < 1.29 is 19.2 Å². The SMILES string of the molecule is O=C(N/N=C/c1cccc(OC(=O)c2ccc([N+](=O)[O-])cc2)c1)c1ccncc1. The van der Waals surface area contributed by atoms with E-state index < -0.39 is 10.9 Å². The van der Waals surface area contributed by atoms with Gasteiger partial charge in [0.25, 0.3) is 11.6 Å². The van der Waals surface area contributed by atoms with E-state index in [2.05, 4.69) is 15.5 Å². The molecule has 1 heterocycles. The highest BCUT2D eigenvalue weighted by atomic mass is 16.6. The summed E-state index contributed by atoms with van der Waals surface area (Å²) < 4.78 is 5.27. The Balaban J connectivity index is 1.62. The molecular formula is C20H14N4O5. The van der Waals surface area contributed by atoms with Crippen LogP contribution in [0.25, 0.3) is 0 Å². The molecule has 1 amide bonds. The molecular weight excluding hydrogens is 376 g/mol. The number of esters is 1. The number of aromatic nitrogens is 1. The number of carbonyl (C=O) groups is 2. The van der Waals surface area contributed by atoms with E-state index in [1.165, 1.54) is 42.9 Å². The Morgan fingerprint density at radius 2 is 1.76 bits per heavy atom. The van der Waals surface area contributed by atoms with Crippen LogP contribution in [0.1, 0.15) is 26.3 Å². The van der Waals surface area contributed by atoms with Gasteiger partial charge in [0, 0.05) is 30.1 Å². The minimum absolute atomic E-state index is 0.117. The summed E-state index contributed by atoms with van der Waals surface area (Å²) in [6.07, 6.45) is 4.41. The smallest absolute Gasteiger partial charge is 0.343 e. The van der Waals surface area contributed by atoms with Gasteiger partial charge in [-0.3, -0.25) is 19.9 Å². The number of ether oxygens (including phenoxy) is 1. The van der Waals surface area contributed by atoms with E-state index in [4.69, 9.17) is 4.74 Å². The monoisotopic (exact) mass is 390 g/mol. The van der Waals surface area contributed by atoms with E-state index in [0.29, 0.717) is 11.1 Å². The summed E-state index contributed by atoms with van der Waals surface area (Å²) in [5.74, 6) is -0.776. The molecule has 9 heteroatoms. The number of carbonyl (C=O) groups excluding carboxylic acids is 2. The van der Waals surface area contributed by atoms with Gasteiger partial charge in [-0.15, -0.1) is 0 Å². The third-order valence-corrected chi connectivity index (χ3v) is 3.70. The molecule has 0 radical (unpaired) electrons. The van der Waals surface area contributed by atoms with Crippen molar-refractivity contribution in [2.75, 3.05) is 0 Å². The van der Waals surface area contributed by atoms with Crippen molar-refractivity contribution in [1.82, 2.24) is 10.4 Å². The quantitative estimate of drug-likeness (QED) is 0.227. The third kappa shape index (κ3) is 5.30. The molecule has 0 atom stereocenters. The molecule has 1 N–H and O–H groups in total. The second kappa shape index (κ2) is 9.00. The van der Waals surface area contributed by atoms with Crippen molar-refractivity contribution in [3.8, 4) is 5.75 Å². The number of nitro groups is 1. The Morgan fingerprint density at radius 1 is 1.03 bits per heavy atom. The van der Waals surface area contributed by atoms with Crippen molar-refractivity contribution in [1.29, 1.82) is 0 Å². The first-order chi connectivity index (χ1) is 14.0. The van der Waals surface area contributed by atoms with E-state index in [0.717, 1.165) is 0 Å². The van der Waals surface area contributed by atoms with Gasteiger partial charge in [0.05, 0.1) is 16.7 Å². The molecule has 144 valence electrons. The van der Waals surface area contributed by atoms with Crippen LogP contribution in [0.3, 0.4) is 0 Å². The molecule has 0 aliphatic heterocycles. The lowest BCUT2D eigenvalue weighted by molar-refractivity contribution is -0.384. The van der Waals surface area contributed by atoms with Gasteiger partial charge >= 0.3 is 5.97 Å². The van der Waals surface area contributed by atoms with E-state index in [1.807, 2.05) is 0 Å². The lowest BCUT2D eigenvalue weighted by Crippen LogP contribution is -2.17. The topological polar surface area (TPSA) is 124 Å². The Labute approximate surface area is 164 Å². The van der Waals surface area contributed by atoms with Gasteiger partial charge in [0.15, 0.2) is 0 Å². The molecule has 2 aromatic carbocycles. The second-order valence-corrected chi connectivity index (χ2v) is 5.70. The summed E-state index contributed by atoms with van der Waals surface area (Å²) in [6.45, 7) is 0. The highest BCUT2D eigenvalue weighted by Gasteiger charge is 2.11. The lowest BCUT2D eigenvalue weighted by atomic mass is 10.2. The van der Waals surface area contributed by atoms with Gasteiger partial charge in [-0.1, -0.05) is 12.1 Å². The van der Waals surface area contributed by atoms with E-state index in [1.54, 1.807) is 36.4 Å². The van der Waals surface area contributed by atoms with Crippen LogP contribution in [0.15, 0.2) is 78.2 Å². The maximum atomic E-state index is 12.2. The number of hydrogen-bond donors (Lipinski definition) is 1. The number of non-ortho nitro benzene ring substituents is 1. The fraction of sp³-hybridized carbons (Fsp3) is 0. The maximum absolute atomic E-state index is 12.2. The van der Waals surface area contributed by atoms with Crippen LogP contribution in [0.5, 0.6) is 5.75 Å². The van der Waals surface area contributed by atoms with Gasteiger partial charge in [0.2, 0.25) is 0 Å². The summed E-state index contributed by atoms with van der Waals surface area (Å²) in [4.78, 5) is 38.0. The molecule has 0 saturated carbocycles. The van der Waals surface area contributed by atoms with E-state index in [-0.39, 0.29) is 22.9 Å². The van der Waals surface area contributed by atoms with Crippen LogP contribution in [-0.2, 0) is 0 Å². The number of nitrogens with zero attached hydrogens (tertiary/aromatic N) is 3. The maximum Gasteiger partial charge on any atom is 0.343 e. The molecule has 0 unspecified atom stereocenters. The Kier molecular flexibility index (Phi) is 6.01. The number of amides is 1. The predicted molar refractivity (Wildman–Crippen MR) is 104 cm³/mol. The summed E-state index contributed by atoms with van der Waals surface area (Å²) >= 11 is 0. The van der Waals surface area contributed by atoms with Crippen molar-refractivity contribution in [3.05, 3.63) is 99.9 Å². The zero-order valence-electron chi connectivity index (χ0n) is 14.9. The van der Waals surface area contributed by atoms with Crippen LogP contribution in [0.4, 0.5) is 5.69 Å². The Morgan fingerprint density at radius 3 is 2.45 bits per heavy atom. The summed E-state index contributed by atoms with van der Waals surface area (Å²) in [5.41, 5.74) is 3.46. The summed E-state index contributed by atoms with van der Waals surface area (Å²) in [5, 5.41) is 14.5. The fourth-order valence-electron chi connectivity index (χ4n) is 2.28. The molecule has 0 spiro atoms. The molecule has 0 aliphatic rings. The van der Waals surface area contributed by atoms with Gasteiger partial charge in [-0.2, -0.15) is 5.10 Å². The van der Waals surface area contributed by atoms with Crippen LogP contribution in [-0.4, -0.2) is 28.0 Å². The van der Waals surface area contributed by atoms with E-state index >= 15 is 0 Å². The number of benzene rings is 2. The molecule has 3 aromatic rings. The van der Waals surface area contributed by atoms with Gasteiger partial charge < -0.3 is 4.74 Å². The first kappa shape index (κ1) is 19.4. The normalized spacial score (nSPS) is 10.5. The molecule has 9 nitrogen and oxygen atoms in total. The van der Waals surface area contributed by atoms with E-state index in [9.17, 15) is 19.7 Å². The average Bonchev–Trinajstić information content (AvgIpc) is 2.74. The third-order valence-electron chi connectivity index (χ3n) is 3.70. The zero-order chi connectivity index (χ0) is 20.6. The van der Waals surface area contributed by atoms with Crippen molar-refractivity contribution in [2.45, 2.75) is 0 Å². The average molecular weight is 390 g/mol. The number of nitro benzene ring substituents is 1. The van der Waals surface area contributed by atoms with Crippen LogP contribution >= 0.6 is 0 Å². The minimum Gasteiger partial charge on any atom is -0.423 e. The minimum atomic E-state index is -0.653. The Hall–Kier alpha value is -4.40. The first-order valence-corrected chi connectivity index (χ1v) is 8.33. The lowest BCUT2D eigenvalue weighted by Gasteiger charge is -2.05. The number of rotatable bonds is 6. The molecule has 1 aromatic heterocycles. The number of hydrazone groups is 1. The van der Waals surface area contributed by atoms with Gasteiger partial charge in [-0.05, 0) is 42.0 Å². The fourth-order valence-corrected chi connectivity index (χ4v) is 2.28. The highest BCUT2D eigenvalue weighted by Crippen LogP contribution is 2.16. The zero-order valence-corrected chi connectivity index (χ0v) is 14.9. The molecule has 0 bridgehead atoms. The predicted octanol–water partition coefficient (Wildman–Crippen LogP) is 2.97. The van der Waals surface area contributed by atoms with Crippen LogP contribution in [0, 0.1) is 10.1 Å². The largest absolute Gasteiger partial charge is 0.423 e. The molecule has 0 aliphatic carbocycles. The van der Waals surface area contributed by atoms with Crippen LogP contribution < -0.4 is 10.2 Å². The second-order valence-electron chi connectivity index (χ2n) is 5.70. The highest BCUT2D eigenvalue weighted by molar-refractivity contribution is 5.95. The standard InChI is InChI=1S/C20H14N4O5/c25-19(15-8-10-21-11-9-15)23-22-13-14-2-1-3-18(12-14)29-20(26)16-4-6-17(7-5-16)24(27)28/h1-13H,(H,23,25)/b22-13+. The Bertz CT molecular complexity index is 1070. The summed E-state index contributed by atoms with van der Waals surface area (Å²) in [6, 6.07) is 14.7. The summed E-state index contributed by atoms with van der Waals surface area (Å²) in [7, 11) is 0. The first-order valence-electron chi connectivity index (χ1n) is 8.33.